The van der Waals surface area contributed by atoms with Crippen LogP contribution < -0.4 is 16.4 Å². The largest absolute Gasteiger partial charge is 0.369 e. The molecule has 0 heterocycles. The van der Waals surface area contributed by atoms with Gasteiger partial charge in [-0.3, -0.25) is 14.4 Å². The van der Waals surface area contributed by atoms with Crippen molar-refractivity contribution in [3.63, 3.8) is 0 Å². The smallest absolute Gasteiger partial charge is 0.235 e. The highest BCUT2D eigenvalue weighted by atomic mass is 16.2. The van der Waals surface area contributed by atoms with Gasteiger partial charge in [0.2, 0.25) is 17.7 Å². The second-order valence-electron chi connectivity index (χ2n) is 4.00. The van der Waals surface area contributed by atoms with Crippen LogP contribution in [0.1, 0.15) is 20.8 Å². The lowest BCUT2D eigenvalue weighted by atomic mass is 9.79. The van der Waals surface area contributed by atoms with E-state index in [-0.39, 0.29) is 0 Å². The molecule has 4 N–H and O–H groups in total. The molecule has 0 aromatic rings. The second-order valence-corrected chi connectivity index (χ2v) is 4.00. The number of amides is 3. The van der Waals surface area contributed by atoms with Gasteiger partial charge in [0.15, 0.2) is 0 Å². The van der Waals surface area contributed by atoms with Gasteiger partial charge in [0.25, 0.3) is 0 Å². The Morgan fingerprint density at radius 3 is 2.24 bits per heavy atom. The van der Waals surface area contributed by atoms with Crippen LogP contribution in [-0.4, -0.2) is 31.3 Å². The minimum absolute atomic E-state index is 0.407. The maximum Gasteiger partial charge on any atom is 0.235 e. The molecule has 0 aliphatic rings. The molecule has 6 nitrogen and oxygen atoms in total. The minimum Gasteiger partial charge on any atom is -0.369 e. The summed E-state index contributed by atoms with van der Waals surface area (Å²) >= 11 is 0. The van der Waals surface area contributed by atoms with Gasteiger partial charge in [-0.05, 0) is 20.3 Å². The van der Waals surface area contributed by atoms with E-state index >= 15 is 0 Å². The van der Waals surface area contributed by atoms with Crippen molar-refractivity contribution < 1.29 is 14.4 Å². The van der Waals surface area contributed by atoms with Crippen molar-refractivity contribution in [3.05, 3.63) is 6.42 Å². The summed E-state index contributed by atoms with van der Waals surface area (Å²) in [5, 5.41) is 4.97. The fourth-order valence-electron chi connectivity index (χ4n) is 1.44. The number of hydrogen-bond acceptors (Lipinski definition) is 3. The third-order valence-corrected chi connectivity index (χ3v) is 2.54. The molecule has 6 heteroatoms. The van der Waals surface area contributed by atoms with Crippen LogP contribution in [-0.2, 0) is 14.4 Å². The quantitative estimate of drug-likeness (QED) is 0.531. The lowest BCUT2D eigenvalue weighted by Gasteiger charge is -2.27. The zero-order valence-electron chi connectivity index (χ0n) is 10.7. The van der Waals surface area contributed by atoms with Gasteiger partial charge < -0.3 is 16.4 Å². The molecule has 2 unspecified atom stereocenters. The van der Waals surface area contributed by atoms with E-state index in [1.807, 2.05) is 0 Å². The van der Waals surface area contributed by atoms with E-state index in [9.17, 15) is 14.4 Å². The van der Waals surface area contributed by atoms with Crippen LogP contribution >= 0.6 is 0 Å². The fourth-order valence-corrected chi connectivity index (χ4v) is 1.44. The third kappa shape index (κ3) is 3.72. The molecule has 0 bridgehead atoms. The molecule has 3 amide bonds. The summed E-state index contributed by atoms with van der Waals surface area (Å²) < 4.78 is 0. The highest BCUT2D eigenvalue weighted by Crippen LogP contribution is 2.25. The van der Waals surface area contributed by atoms with Gasteiger partial charge in [0, 0.05) is 19.5 Å². The molecule has 0 spiro atoms. The van der Waals surface area contributed by atoms with Crippen molar-refractivity contribution in [2.45, 2.75) is 20.8 Å². The monoisotopic (exact) mass is 242 g/mol. The van der Waals surface area contributed by atoms with Crippen molar-refractivity contribution in [2.24, 2.45) is 17.1 Å². The highest BCUT2D eigenvalue weighted by molar-refractivity contribution is 6.06. The van der Waals surface area contributed by atoms with Crippen molar-refractivity contribution in [3.8, 4) is 0 Å². The first-order valence-corrected chi connectivity index (χ1v) is 5.45. The predicted octanol–water partition coefficient (Wildman–Crippen LogP) is -0.800. The molecule has 0 saturated carbocycles. The van der Waals surface area contributed by atoms with Crippen LogP contribution in [0.2, 0.25) is 0 Å². The summed E-state index contributed by atoms with van der Waals surface area (Å²) in [6.45, 7) is 5.16. The van der Waals surface area contributed by atoms with Crippen molar-refractivity contribution in [1.29, 1.82) is 0 Å². The zero-order valence-corrected chi connectivity index (χ0v) is 10.7. The van der Waals surface area contributed by atoms with Gasteiger partial charge in [-0.2, -0.15) is 0 Å². The van der Waals surface area contributed by atoms with Crippen LogP contribution in [0.5, 0.6) is 0 Å². The van der Waals surface area contributed by atoms with Gasteiger partial charge in [-0.25, -0.2) is 0 Å². The van der Waals surface area contributed by atoms with Crippen LogP contribution in [0.4, 0.5) is 0 Å². The van der Waals surface area contributed by atoms with Gasteiger partial charge in [0.05, 0.1) is 0 Å². The molecule has 0 rings (SSSR count). The Morgan fingerprint density at radius 1 is 1.35 bits per heavy atom. The Morgan fingerprint density at radius 2 is 1.88 bits per heavy atom. The average molecular weight is 242 g/mol. The van der Waals surface area contributed by atoms with Crippen molar-refractivity contribution >= 4 is 17.7 Å². The Labute approximate surface area is 101 Å². The Kier molecular flexibility index (Phi) is 5.64. The SMILES string of the molecule is CCNC(=O)C(C)([CH]C(C)C(N)=O)C(=O)NC. The molecule has 1 radical (unpaired) electrons. The molecular formula is C11H20N3O3. The summed E-state index contributed by atoms with van der Waals surface area (Å²) in [7, 11) is 1.43. The van der Waals surface area contributed by atoms with Crippen molar-refractivity contribution in [2.75, 3.05) is 13.6 Å². The molecule has 0 aliphatic heterocycles. The Bertz CT molecular complexity index is 317. The van der Waals surface area contributed by atoms with E-state index in [0.29, 0.717) is 6.54 Å². The summed E-state index contributed by atoms with van der Waals surface area (Å²) in [6, 6.07) is 0. The van der Waals surface area contributed by atoms with E-state index in [0.717, 1.165) is 0 Å². The van der Waals surface area contributed by atoms with Crippen LogP contribution in [0.3, 0.4) is 0 Å². The highest BCUT2D eigenvalue weighted by Gasteiger charge is 2.42. The average Bonchev–Trinajstić information content (AvgIpc) is 2.27. The van der Waals surface area contributed by atoms with Gasteiger partial charge in [0.1, 0.15) is 5.41 Å². The van der Waals surface area contributed by atoms with Crippen LogP contribution in [0.25, 0.3) is 0 Å². The molecule has 0 aromatic heterocycles. The molecule has 0 saturated heterocycles. The zero-order chi connectivity index (χ0) is 13.6. The molecule has 0 fully saturated rings. The first-order chi connectivity index (χ1) is 7.79. The number of hydrogen-bond donors (Lipinski definition) is 3. The minimum atomic E-state index is -1.40. The molecule has 0 aromatic carbocycles. The lowest BCUT2D eigenvalue weighted by Crippen LogP contribution is -2.50. The van der Waals surface area contributed by atoms with Gasteiger partial charge >= 0.3 is 0 Å². The summed E-state index contributed by atoms with van der Waals surface area (Å²) in [6.07, 6.45) is 1.36. The normalized spacial score (nSPS) is 15.5. The molecule has 0 aliphatic carbocycles. The summed E-state index contributed by atoms with van der Waals surface area (Å²) in [5.41, 5.74) is 3.72. The van der Waals surface area contributed by atoms with Gasteiger partial charge in [-0.15, -0.1) is 0 Å². The molecule has 97 valence electrons. The second kappa shape index (κ2) is 6.22. The summed E-state index contributed by atoms with van der Waals surface area (Å²) in [4.78, 5) is 34.6. The third-order valence-electron chi connectivity index (χ3n) is 2.54. The van der Waals surface area contributed by atoms with Crippen molar-refractivity contribution in [1.82, 2.24) is 10.6 Å². The van der Waals surface area contributed by atoms with Gasteiger partial charge in [-0.1, -0.05) is 6.92 Å². The van der Waals surface area contributed by atoms with E-state index in [1.165, 1.54) is 20.4 Å². The predicted molar refractivity (Wildman–Crippen MR) is 63.5 cm³/mol. The maximum atomic E-state index is 11.9. The number of carbonyl (C=O) groups is 3. The first kappa shape index (κ1) is 15.4. The Balaban J connectivity index is 5.04. The van der Waals surface area contributed by atoms with E-state index in [4.69, 9.17) is 5.73 Å². The molecule has 2 atom stereocenters. The Hall–Kier alpha value is -1.59. The first-order valence-electron chi connectivity index (χ1n) is 5.45. The molecule has 17 heavy (non-hydrogen) atoms. The van der Waals surface area contributed by atoms with E-state index in [2.05, 4.69) is 10.6 Å². The lowest BCUT2D eigenvalue weighted by molar-refractivity contribution is -0.140. The van der Waals surface area contributed by atoms with E-state index < -0.39 is 29.1 Å². The van der Waals surface area contributed by atoms with Crippen LogP contribution in [0.15, 0.2) is 0 Å². The fraction of sp³-hybridized carbons (Fsp3) is 0.636. The summed E-state index contributed by atoms with van der Waals surface area (Å²) in [5.74, 6) is -2.17. The standard InChI is InChI=1S/C11H20N3O3/c1-5-14-10(17)11(3,9(16)13-4)6-7(2)8(12)15/h6-7H,5H2,1-4H3,(H2,12,15)(H,13,16)(H,14,17). The number of rotatable bonds is 6. The number of carbonyl (C=O) groups excluding carboxylic acids is 3. The van der Waals surface area contributed by atoms with E-state index in [1.54, 1.807) is 13.8 Å². The van der Waals surface area contributed by atoms with Crippen LogP contribution in [0, 0.1) is 17.8 Å². The molecular weight excluding hydrogens is 222 g/mol. The number of primary amides is 1. The maximum absolute atomic E-state index is 11.9. The number of nitrogens with one attached hydrogen (secondary N) is 2. The number of nitrogens with two attached hydrogens (primary N) is 1. The topological polar surface area (TPSA) is 101 Å².